The third-order valence-corrected chi connectivity index (χ3v) is 9.30. The highest BCUT2D eigenvalue weighted by Crippen LogP contribution is 2.34. The molecule has 3 nitrogen and oxygen atoms in total. The number of hydrogen-bond donors (Lipinski definition) is 1. The Kier molecular flexibility index (Phi) is 7.14. The first-order valence-corrected chi connectivity index (χ1v) is 16.6. The molecule has 0 spiro atoms. The molecular formula is C46H31N3. The molecule has 0 aliphatic carbocycles. The molecule has 0 saturated carbocycles. The molecule has 0 aliphatic heterocycles. The molecule has 9 rings (SSSR count). The largest absolute Gasteiger partial charge is 0.361 e. The lowest BCUT2D eigenvalue weighted by Gasteiger charge is -2.12. The number of H-pyrrole nitrogens is 1. The Morgan fingerprint density at radius 3 is 1.73 bits per heavy atom. The van der Waals surface area contributed by atoms with Gasteiger partial charge >= 0.3 is 0 Å². The Bertz CT molecular complexity index is 2580. The second-order valence-electron chi connectivity index (χ2n) is 12.4. The van der Waals surface area contributed by atoms with E-state index < -0.39 is 0 Å². The molecule has 2 heterocycles. The summed E-state index contributed by atoms with van der Waals surface area (Å²) in [5, 5.41) is 4.85. The van der Waals surface area contributed by atoms with E-state index in [0.717, 1.165) is 44.9 Å². The van der Waals surface area contributed by atoms with Crippen LogP contribution in [0.15, 0.2) is 182 Å². The molecule has 0 radical (unpaired) electrons. The number of nitrogens with one attached hydrogen (secondary N) is 1. The van der Waals surface area contributed by atoms with Gasteiger partial charge in [-0.25, -0.2) is 9.97 Å². The van der Waals surface area contributed by atoms with Gasteiger partial charge in [0.15, 0.2) is 5.82 Å². The van der Waals surface area contributed by atoms with E-state index in [-0.39, 0.29) is 0 Å². The average molecular weight is 626 g/mol. The van der Waals surface area contributed by atoms with Crippen LogP contribution < -0.4 is 0 Å². The second kappa shape index (κ2) is 12.2. The van der Waals surface area contributed by atoms with Gasteiger partial charge in [0.25, 0.3) is 0 Å². The molecular weight excluding hydrogens is 595 g/mol. The Morgan fingerprint density at radius 1 is 0.347 bits per heavy atom. The molecule has 0 unspecified atom stereocenters. The molecule has 3 heteroatoms. The molecule has 0 saturated heterocycles. The third kappa shape index (κ3) is 5.58. The van der Waals surface area contributed by atoms with E-state index in [0.29, 0.717) is 5.82 Å². The summed E-state index contributed by atoms with van der Waals surface area (Å²) >= 11 is 0. The molecule has 0 bridgehead atoms. The number of nitrogens with zero attached hydrogens (tertiary/aromatic N) is 2. The molecule has 49 heavy (non-hydrogen) atoms. The van der Waals surface area contributed by atoms with E-state index in [1.165, 1.54) is 38.2 Å². The zero-order valence-corrected chi connectivity index (χ0v) is 26.7. The maximum atomic E-state index is 5.19. The number of hydrogen-bond acceptors (Lipinski definition) is 2. The van der Waals surface area contributed by atoms with Gasteiger partial charge in [0.05, 0.1) is 11.4 Å². The lowest BCUT2D eigenvalue weighted by atomic mass is 9.96. The van der Waals surface area contributed by atoms with Gasteiger partial charge in [0.1, 0.15) is 0 Å². The number of benzene rings is 7. The average Bonchev–Trinajstić information content (AvgIpc) is 3.73. The molecule has 7 aromatic carbocycles. The van der Waals surface area contributed by atoms with Crippen molar-refractivity contribution in [2.24, 2.45) is 0 Å². The van der Waals surface area contributed by atoms with Crippen LogP contribution in [-0.4, -0.2) is 15.0 Å². The highest BCUT2D eigenvalue weighted by molar-refractivity contribution is 5.97. The Morgan fingerprint density at radius 2 is 0.959 bits per heavy atom. The fourth-order valence-electron chi connectivity index (χ4n) is 6.71. The van der Waals surface area contributed by atoms with Crippen molar-refractivity contribution in [1.82, 2.24) is 15.0 Å². The standard InChI is InChI=1S/C46H31N3/c1-2-10-37-28-39(26-21-31(37)8-1)45-30-44(36-24-19-33(20-25-36)32-17-22-35(23-18-32)43-16-7-27-47-43)48-46(49-45)40-13-5-12-38(29-40)42-15-6-11-34-9-3-4-14-41(34)42/h1-30,47H. The molecule has 0 fully saturated rings. The van der Waals surface area contributed by atoms with E-state index in [4.69, 9.17) is 9.97 Å². The Hall–Kier alpha value is -6.58. The van der Waals surface area contributed by atoms with Crippen LogP contribution in [0.3, 0.4) is 0 Å². The minimum absolute atomic E-state index is 0.701. The third-order valence-electron chi connectivity index (χ3n) is 9.30. The SMILES string of the molecule is c1cc(-c2nc(-c3ccc(-c4ccc(-c5ccc[nH]5)cc4)cc3)cc(-c3ccc4ccccc4c3)n2)cc(-c2cccc3ccccc23)c1. The fourth-order valence-corrected chi connectivity index (χ4v) is 6.71. The summed E-state index contributed by atoms with van der Waals surface area (Å²) < 4.78 is 0. The van der Waals surface area contributed by atoms with Crippen LogP contribution in [0.2, 0.25) is 0 Å². The van der Waals surface area contributed by atoms with E-state index in [2.05, 4.69) is 175 Å². The molecule has 9 aromatic rings. The second-order valence-corrected chi connectivity index (χ2v) is 12.4. The first-order chi connectivity index (χ1) is 24.2. The summed E-state index contributed by atoms with van der Waals surface area (Å²) in [6.45, 7) is 0. The summed E-state index contributed by atoms with van der Waals surface area (Å²) in [7, 11) is 0. The van der Waals surface area contributed by atoms with Crippen LogP contribution in [-0.2, 0) is 0 Å². The first-order valence-electron chi connectivity index (χ1n) is 16.6. The van der Waals surface area contributed by atoms with Crippen molar-refractivity contribution in [3.05, 3.63) is 182 Å². The predicted octanol–water partition coefficient (Wildman–Crippen LogP) is 12.1. The van der Waals surface area contributed by atoms with Gasteiger partial charge in [-0.15, -0.1) is 0 Å². The van der Waals surface area contributed by atoms with Crippen LogP contribution in [0.25, 0.3) is 89.0 Å². The van der Waals surface area contributed by atoms with Crippen LogP contribution in [0.4, 0.5) is 0 Å². The predicted molar refractivity (Wildman–Crippen MR) is 204 cm³/mol. The minimum atomic E-state index is 0.701. The first kappa shape index (κ1) is 28.6. The van der Waals surface area contributed by atoms with Crippen molar-refractivity contribution in [3.63, 3.8) is 0 Å². The maximum Gasteiger partial charge on any atom is 0.160 e. The summed E-state index contributed by atoms with van der Waals surface area (Å²) in [6.07, 6.45) is 1.95. The van der Waals surface area contributed by atoms with Gasteiger partial charge in [0.2, 0.25) is 0 Å². The molecule has 2 aromatic heterocycles. The van der Waals surface area contributed by atoms with Crippen LogP contribution >= 0.6 is 0 Å². The molecule has 0 aliphatic rings. The summed E-state index contributed by atoms with van der Waals surface area (Å²) in [5.41, 5.74) is 11.8. The van der Waals surface area contributed by atoms with Crippen molar-refractivity contribution >= 4 is 21.5 Å². The lowest BCUT2D eigenvalue weighted by molar-refractivity contribution is 1.18. The molecule has 1 N–H and O–H groups in total. The Labute approximate surface area is 285 Å². The molecule has 0 amide bonds. The summed E-state index contributed by atoms with van der Waals surface area (Å²) in [6, 6.07) is 62.2. The van der Waals surface area contributed by atoms with Crippen molar-refractivity contribution in [1.29, 1.82) is 0 Å². The lowest BCUT2D eigenvalue weighted by Crippen LogP contribution is -1.96. The van der Waals surface area contributed by atoms with Gasteiger partial charge in [0, 0.05) is 28.6 Å². The Balaban J connectivity index is 1.13. The van der Waals surface area contributed by atoms with E-state index >= 15 is 0 Å². The van der Waals surface area contributed by atoms with Crippen molar-refractivity contribution in [2.75, 3.05) is 0 Å². The normalized spacial score (nSPS) is 11.3. The smallest absolute Gasteiger partial charge is 0.160 e. The zero-order valence-electron chi connectivity index (χ0n) is 26.7. The van der Waals surface area contributed by atoms with Crippen molar-refractivity contribution < 1.29 is 0 Å². The van der Waals surface area contributed by atoms with E-state index in [1.807, 2.05) is 12.3 Å². The maximum absolute atomic E-state index is 5.19. The van der Waals surface area contributed by atoms with Crippen molar-refractivity contribution in [3.8, 4) is 67.4 Å². The number of fused-ring (bicyclic) bond motifs is 2. The monoisotopic (exact) mass is 625 g/mol. The van der Waals surface area contributed by atoms with Gasteiger partial charge in [-0.1, -0.05) is 146 Å². The number of aromatic amines is 1. The quantitative estimate of drug-likeness (QED) is 0.200. The van der Waals surface area contributed by atoms with Gasteiger partial charge in [-0.2, -0.15) is 0 Å². The van der Waals surface area contributed by atoms with Gasteiger partial charge in [-0.3, -0.25) is 0 Å². The zero-order chi connectivity index (χ0) is 32.6. The summed E-state index contributed by atoms with van der Waals surface area (Å²) in [5.74, 6) is 0.701. The molecule has 230 valence electrons. The summed E-state index contributed by atoms with van der Waals surface area (Å²) in [4.78, 5) is 13.7. The number of rotatable bonds is 6. The van der Waals surface area contributed by atoms with Crippen molar-refractivity contribution in [2.45, 2.75) is 0 Å². The van der Waals surface area contributed by atoms with Crippen LogP contribution in [0.1, 0.15) is 0 Å². The fraction of sp³-hybridized carbons (Fsp3) is 0. The topological polar surface area (TPSA) is 41.6 Å². The minimum Gasteiger partial charge on any atom is -0.361 e. The van der Waals surface area contributed by atoms with Gasteiger partial charge < -0.3 is 4.98 Å². The highest BCUT2D eigenvalue weighted by atomic mass is 14.9. The van der Waals surface area contributed by atoms with E-state index in [1.54, 1.807) is 0 Å². The van der Waals surface area contributed by atoms with Crippen LogP contribution in [0, 0.1) is 0 Å². The van der Waals surface area contributed by atoms with E-state index in [9.17, 15) is 0 Å². The highest BCUT2D eigenvalue weighted by Gasteiger charge is 2.13. The molecule has 0 atom stereocenters. The van der Waals surface area contributed by atoms with Gasteiger partial charge in [-0.05, 0) is 79.7 Å². The van der Waals surface area contributed by atoms with Crippen LogP contribution in [0.5, 0.6) is 0 Å². The number of aromatic nitrogens is 3.